The van der Waals surface area contributed by atoms with Gasteiger partial charge in [-0.15, -0.1) is 0 Å². The summed E-state index contributed by atoms with van der Waals surface area (Å²) >= 11 is 3.38. The molecular formula is C15H21BrN2O2. The number of amides is 1. The van der Waals surface area contributed by atoms with Gasteiger partial charge in [-0.05, 0) is 43.7 Å². The molecule has 0 bridgehead atoms. The fourth-order valence-corrected chi connectivity index (χ4v) is 2.52. The Morgan fingerprint density at radius 3 is 2.85 bits per heavy atom. The maximum Gasteiger partial charge on any atom is 0.223 e. The SMILES string of the molecule is CN(CCOc1ccc(Br)cc1)C(=O)CC1CCCN1. The van der Waals surface area contributed by atoms with Crippen molar-refractivity contribution in [2.24, 2.45) is 0 Å². The zero-order valence-electron chi connectivity index (χ0n) is 11.8. The maximum atomic E-state index is 12.0. The Bertz CT molecular complexity index is 430. The van der Waals surface area contributed by atoms with Crippen LogP contribution in [0.5, 0.6) is 5.75 Å². The first-order valence-corrected chi connectivity index (χ1v) is 7.80. The topological polar surface area (TPSA) is 41.6 Å². The lowest BCUT2D eigenvalue weighted by molar-refractivity contribution is -0.130. The fraction of sp³-hybridized carbons (Fsp3) is 0.533. The quantitative estimate of drug-likeness (QED) is 0.864. The molecule has 1 aliphatic rings. The van der Waals surface area contributed by atoms with E-state index in [0.29, 0.717) is 25.6 Å². The van der Waals surface area contributed by atoms with Crippen LogP contribution in [0.4, 0.5) is 0 Å². The molecule has 1 heterocycles. The number of nitrogens with one attached hydrogen (secondary N) is 1. The van der Waals surface area contributed by atoms with Crippen LogP contribution in [-0.2, 0) is 4.79 Å². The molecule has 1 aliphatic heterocycles. The molecule has 20 heavy (non-hydrogen) atoms. The van der Waals surface area contributed by atoms with Gasteiger partial charge in [-0.1, -0.05) is 15.9 Å². The number of benzene rings is 1. The molecule has 0 saturated carbocycles. The first-order chi connectivity index (χ1) is 9.65. The molecule has 1 N–H and O–H groups in total. The lowest BCUT2D eigenvalue weighted by Gasteiger charge is -2.19. The summed E-state index contributed by atoms with van der Waals surface area (Å²) in [5.74, 6) is 1.01. The number of likely N-dealkylation sites (N-methyl/N-ethyl adjacent to an activating group) is 1. The Balaban J connectivity index is 1.67. The van der Waals surface area contributed by atoms with Crippen LogP contribution in [0.3, 0.4) is 0 Å². The van der Waals surface area contributed by atoms with Crippen LogP contribution in [0.25, 0.3) is 0 Å². The van der Waals surface area contributed by atoms with Gasteiger partial charge in [-0.3, -0.25) is 4.79 Å². The molecule has 0 aliphatic carbocycles. The fourth-order valence-electron chi connectivity index (χ4n) is 2.25. The minimum Gasteiger partial charge on any atom is -0.492 e. The van der Waals surface area contributed by atoms with Crippen molar-refractivity contribution in [3.05, 3.63) is 28.7 Å². The van der Waals surface area contributed by atoms with E-state index in [1.807, 2.05) is 31.3 Å². The number of carbonyl (C=O) groups is 1. The predicted molar refractivity (Wildman–Crippen MR) is 82.9 cm³/mol. The monoisotopic (exact) mass is 340 g/mol. The highest BCUT2D eigenvalue weighted by molar-refractivity contribution is 9.10. The molecule has 1 aromatic carbocycles. The van der Waals surface area contributed by atoms with E-state index in [9.17, 15) is 4.79 Å². The summed E-state index contributed by atoms with van der Waals surface area (Å²) in [6.07, 6.45) is 2.87. The highest BCUT2D eigenvalue weighted by Crippen LogP contribution is 2.16. The normalized spacial score (nSPS) is 18.0. The summed E-state index contributed by atoms with van der Waals surface area (Å²) in [5, 5.41) is 3.35. The zero-order chi connectivity index (χ0) is 14.4. The average molecular weight is 341 g/mol. The number of halogens is 1. The second kappa shape index (κ2) is 7.64. The van der Waals surface area contributed by atoms with Crippen molar-refractivity contribution in [3.8, 4) is 5.75 Å². The number of rotatable bonds is 6. The molecule has 1 aromatic rings. The Labute approximate surface area is 128 Å². The maximum absolute atomic E-state index is 12.0. The van der Waals surface area contributed by atoms with Gasteiger partial charge in [-0.25, -0.2) is 0 Å². The van der Waals surface area contributed by atoms with Gasteiger partial charge in [0.15, 0.2) is 0 Å². The van der Waals surface area contributed by atoms with Gasteiger partial charge in [0.05, 0.1) is 6.54 Å². The lowest BCUT2D eigenvalue weighted by atomic mass is 10.1. The molecule has 1 atom stereocenters. The summed E-state index contributed by atoms with van der Waals surface area (Å²) in [4.78, 5) is 13.8. The Morgan fingerprint density at radius 1 is 1.45 bits per heavy atom. The van der Waals surface area contributed by atoms with E-state index in [1.54, 1.807) is 4.90 Å². The van der Waals surface area contributed by atoms with Gasteiger partial charge in [0, 0.05) is 24.0 Å². The largest absolute Gasteiger partial charge is 0.492 e. The Kier molecular flexibility index (Phi) is 5.86. The third kappa shape index (κ3) is 4.80. The van der Waals surface area contributed by atoms with E-state index >= 15 is 0 Å². The second-order valence-corrected chi connectivity index (χ2v) is 6.03. The van der Waals surface area contributed by atoms with Crippen molar-refractivity contribution in [3.63, 3.8) is 0 Å². The average Bonchev–Trinajstić information content (AvgIpc) is 2.93. The standard InChI is InChI=1S/C15H21BrN2O2/c1-18(15(19)11-13-3-2-8-17-13)9-10-20-14-6-4-12(16)5-7-14/h4-7,13,17H,2-3,8-11H2,1H3. The molecule has 5 heteroatoms. The van der Waals surface area contributed by atoms with Crippen molar-refractivity contribution in [2.75, 3.05) is 26.7 Å². The van der Waals surface area contributed by atoms with Gasteiger partial charge in [0.2, 0.25) is 5.91 Å². The predicted octanol–water partition coefficient (Wildman–Crippen LogP) is 2.43. The van der Waals surface area contributed by atoms with E-state index in [2.05, 4.69) is 21.2 Å². The third-order valence-electron chi connectivity index (χ3n) is 3.52. The highest BCUT2D eigenvalue weighted by atomic mass is 79.9. The van der Waals surface area contributed by atoms with Crippen LogP contribution in [0, 0.1) is 0 Å². The van der Waals surface area contributed by atoms with Gasteiger partial charge >= 0.3 is 0 Å². The third-order valence-corrected chi connectivity index (χ3v) is 4.05. The number of nitrogens with zero attached hydrogens (tertiary/aromatic N) is 1. The highest BCUT2D eigenvalue weighted by Gasteiger charge is 2.19. The van der Waals surface area contributed by atoms with E-state index in [-0.39, 0.29) is 5.91 Å². The van der Waals surface area contributed by atoms with Gasteiger partial charge in [-0.2, -0.15) is 0 Å². The zero-order valence-corrected chi connectivity index (χ0v) is 13.4. The molecule has 1 amide bonds. The van der Waals surface area contributed by atoms with Crippen molar-refractivity contribution in [2.45, 2.75) is 25.3 Å². The van der Waals surface area contributed by atoms with Crippen LogP contribution < -0.4 is 10.1 Å². The molecule has 110 valence electrons. The van der Waals surface area contributed by atoms with Crippen LogP contribution in [0.1, 0.15) is 19.3 Å². The van der Waals surface area contributed by atoms with E-state index in [1.165, 1.54) is 6.42 Å². The molecule has 0 radical (unpaired) electrons. The first kappa shape index (κ1) is 15.3. The second-order valence-electron chi connectivity index (χ2n) is 5.12. The summed E-state index contributed by atoms with van der Waals surface area (Å²) in [5.41, 5.74) is 0. The smallest absolute Gasteiger partial charge is 0.223 e. The van der Waals surface area contributed by atoms with Gasteiger partial charge < -0.3 is 15.0 Å². The van der Waals surface area contributed by atoms with Crippen molar-refractivity contribution >= 4 is 21.8 Å². The first-order valence-electron chi connectivity index (χ1n) is 7.01. The van der Waals surface area contributed by atoms with E-state index < -0.39 is 0 Å². The number of hydrogen-bond donors (Lipinski definition) is 1. The Hall–Kier alpha value is -1.07. The number of carbonyl (C=O) groups excluding carboxylic acids is 1. The number of ether oxygens (including phenoxy) is 1. The summed E-state index contributed by atoms with van der Waals surface area (Å²) in [7, 11) is 1.84. The van der Waals surface area contributed by atoms with Gasteiger partial charge in [0.1, 0.15) is 12.4 Å². The molecule has 2 rings (SSSR count). The Morgan fingerprint density at radius 2 is 2.20 bits per heavy atom. The van der Waals surface area contributed by atoms with Crippen molar-refractivity contribution in [1.82, 2.24) is 10.2 Å². The van der Waals surface area contributed by atoms with Gasteiger partial charge in [0.25, 0.3) is 0 Å². The molecule has 1 unspecified atom stereocenters. The minimum absolute atomic E-state index is 0.184. The van der Waals surface area contributed by atoms with Crippen LogP contribution in [0.15, 0.2) is 28.7 Å². The lowest BCUT2D eigenvalue weighted by Crippen LogP contribution is -2.35. The van der Waals surface area contributed by atoms with Crippen LogP contribution >= 0.6 is 15.9 Å². The molecule has 1 fully saturated rings. The molecule has 1 saturated heterocycles. The van der Waals surface area contributed by atoms with E-state index in [4.69, 9.17) is 4.74 Å². The summed E-state index contributed by atoms with van der Waals surface area (Å²) in [6.45, 7) is 2.16. The molecule has 4 nitrogen and oxygen atoms in total. The van der Waals surface area contributed by atoms with Crippen LogP contribution in [-0.4, -0.2) is 43.6 Å². The summed E-state index contributed by atoms with van der Waals surface area (Å²) in [6, 6.07) is 8.06. The molecular weight excluding hydrogens is 320 g/mol. The molecule has 0 aromatic heterocycles. The minimum atomic E-state index is 0.184. The van der Waals surface area contributed by atoms with Crippen molar-refractivity contribution < 1.29 is 9.53 Å². The number of hydrogen-bond acceptors (Lipinski definition) is 3. The molecule has 0 spiro atoms. The van der Waals surface area contributed by atoms with Crippen LogP contribution in [0.2, 0.25) is 0 Å². The van der Waals surface area contributed by atoms with Crippen molar-refractivity contribution in [1.29, 1.82) is 0 Å². The van der Waals surface area contributed by atoms with E-state index in [0.717, 1.165) is 23.2 Å². The summed E-state index contributed by atoms with van der Waals surface area (Å²) < 4.78 is 6.65.